The summed E-state index contributed by atoms with van der Waals surface area (Å²) in [6, 6.07) is 0. The minimum Gasteiger partial charge on any atom is -0.478 e. The first kappa shape index (κ1) is 9.79. The van der Waals surface area contributed by atoms with Gasteiger partial charge in [-0.1, -0.05) is 0 Å². The molecule has 1 rings (SSSR count). The van der Waals surface area contributed by atoms with Gasteiger partial charge in [-0.3, -0.25) is 5.73 Å². The van der Waals surface area contributed by atoms with Gasteiger partial charge in [0.1, 0.15) is 0 Å². The van der Waals surface area contributed by atoms with Crippen molar-refractivity contribution in [3.05, 3.63) is 23.6 Å². The van der Waals surface area contributed by atoms with Crippen LogP contribution in [-0.4, -0.2) is 23.0 Å². The second-order valence-corrected chi connectivity index (χ2v) is 2.59. The van der Waals surface area contributed by atoms with Crippen LogP contribution >= 0.6 is 0 Å². The van der Waals surface area contributed by atoms with E-state index in [0.29, 0.717) is 0 Å². The number of hydrogen-bond acceptors (Lipinski definition) is 2. The van der Waals surface area contributed by atoms with Gasteiger partial charge in [-0.25, -0.2) is 18.0 Å². The van der Waals surface area contributed by atoms with Gasteiger partial charge in [0.2, 0.25) is 5.79 Å². The molecule has 0 fully saturated rings. The number of carbonyl (C=O) groups is 1. The molecule has 13 heavy (non-hydrogen) atoms. The number of aliphatic carboxylic acids is 1. The molecule has 0 aromatic carbocycles. The number of alkyl halides is 2. The Balaban J connectivity index is 3.09. The van der Waals surface area contributed by atoms with Crippen LogP contribution in [0.2, 0.25) is 0 Å². The van der Waals surface area contributed by atoms with Crippen molar-refractivity contribution in [3.63, 3.8) is 0 Å². The molecule has 0 aromatic rings. The molecule has 0 bridgehead atoms. The first-order valence-corrected chi connectivity index (χ1v) is 3.30. The minimum atomic E-state index is -3.02. The maximum absolute atomic E-state index is 12.9. The van der Waals surface area contributed by atoms with E-state index in [4.69, 9.17) is 10.8 Å². The highest BCUT2D eigenvalue weighted by Crippen LogP contribution is 2.29. The standard InChI is InChI=1S/C7H6F3NO2/c8-4-1-5(9)7(10,11)2-3(4)6(12)13/h1-2,4H,11H2,(H,12,13). The van der Waals surface area contributed by atoms with Crippen LogP contribution in [0, 0.1) is 0 Å². The molecule has 0 aliphatic heterocycles. The Kier molecular flexibility index (Phi) is 2.17. The molecule has 0 heterocycles. The smallest absolute Gasteiger partial charge is 0.334 e. The average molecular weight is 193 g/mol. The molecule has 0 amide bonds. The second kappa shape index (κ2) is 2.88. The van der Waals surface area contributed by atoms with Crippen LogP contribution in [0.1, 0.15) is 0 Å². The van der Waals surface area contributed by atoms with Crippen LogP contribution in [0.4, 0.5) is 13.2 Å². The Labute approximate surface area is 71.3 Å². The zero-order valence-electron chi connectivity index (χ0n) is 6.30. The number of nitrogens with two attached hydrogens (primary N) is 1. The van der Waals surface area contributed by atoms with E-state index in [1.807, 2.05) is 0 Å². The van der Waals surface area contributed by atoms with Gasteiger partial charge >= 0.3 is 5.97 Å². The number of carboxylic acid groups (broad SMARTS) is 1. The van der Waals surface area contributed by atoms with E-state index in [9.17, 15) is 18.0 Å². The van der Waals surface area contributed by atoms with Crippen molar-refractivity contribution in [1.82, 2.24) is 0 Å². The fourth-order valence-corrected chi connectivity index (χ4v) is 0.901. The van der Waals surface area contributed by atoms with E-state index in [0.717, 1.165) is 0 Å². The maximum atomic E-state index is 12.9. The lowest BCUT2D eigenvalue weighted by Crippen LogP contribution is -2.38. The predicted molar refractivity (Wildman–Crippen MR) is 37.8 cm³/mol. The monoisotopic (exact) mass is 193 g/mol. The molecule has 0 spiro atoms. The summed E-state index contributed by atoms with van der Waals surface area (Å²) in [6.07, 6.45) is -1.75. The number of allylic oxidation sites excluding steroid dienone is 1. The summed E-state index contributed by atoms with van der Waals surface area (Å²) in [5.74, 6) is -6.20. The first-order valence-electron chi connectivity index (χ1n) is 3.30. The Hall–Kier alpha value is -1.30. The molecule has 3 nitrogen and oxygen atoms in total. The molecule has 0 radical (unpaired) electrons. The summed E-state index contributed by atoms with van der Waals surface area (Å²) >= 11 is 0. The van der Waals surface area contributed by atoms with Crippen LogP contribution < -0.4 is 5.73 Å². The van der Waals surface area contributed by atoms with Gasteiger partial charge < -0.3 is 5.11 Å². The third-order valence-electron chi connectivity index (χ3n) is 1.57. The summed E-state index contributed by atoms with van der Waals surface area (Å²) in [5, 5.41) is 8.34. The highest BCUT2D eigenvalue weighted by molar-refractivity contribution is 5.89. The van der Waals surface area contributed by atoms with Gasteiger partial charge in [0.05, 0.1) is 5.57 Å². The van der Waals surface area contributed by atoms with Crippen molar-refractivity contribution in [1.29, 1.82) is 0 Å². The third kappa shape index (κ3) is 1.72. The maximum Gasteiger partial charge on any atom is 0.334 e. The number of rotatable bonds is 1. The molecule has 1 aliphatic rings. The SMILES string of the molecule is NC1(F)C=C(C(=O)O)C(F)C=C1F. The van der Waals surface area contributed by atoms with Crippen molar-refractivity contribution >= 4 is 5.97 Å². The topological polar surface area (TPSA) is 63.3 Å². The van der Waals surface area contributed by atoms with Crippen LogP contribution in [0.15, 0.2) is 23.6 Å². The number of carboxylic acids is 1. The van der Waals surface area contributed by atoms with E-state index < -0.39 is 29.3 Å². The van der Waals surface area contributed by atoms with Crippen molar-refractivity contribution in [2.75, 3.05) is 0 Å². The predicted octanol–water partition coefficient (Wildman–Crippen LogP) is 0.827. The minimum absolute atomic E-state index is 0.198. The molecule has 2 unspecified atom stereocenters. The van der Waals surface area contributed by atoms with E-state index >= 15 is 0 Å². The Morgan fingerprint density at radius 3 is 2.69 bits per heavy atom. The molecule has 0 saturated heterocycles. The zero-order valence-corrected chi connectivity index (χ0v) is 6.30. The van der Waals surface area contributed by atoms with Crippen molar-refractivity contribution in [3.8, 4) is 0 Å². The van der Waals surface area contributed by atoms with Gasteiger partial charge in [0, 0.05) is 0 Å². The van der Waals surface area contributed by atoms with Crippen molar-refractivity contribution in [2.45, 2.75) is 12.0 Å². The largest absolute Gasteiger partial charge is 0.478 e. The van der Waals surface area contributed by atoms with Gasteiger partial charge in [-0.05, 0) is 12.2 Å². The summed E-state index contributed by atoms with van der Waals surface area (Å²) < 4.78 is 38.1. The molecule has 72 valence electrons. The van der Waals surface area contributed by atoms with Gasteiger partial charge in [0.15, 0.2) is 12.0 Å². The Bertz CT molecular complexity index is 309. The highest BCUT2D eigenvalue weighted by atomic mass is 19.2. The molecule has 0 aromatic heterocycles. The fraction of sp³-hybridized carbons (Fsp3) is 0.286. The average Bonchev–Trinajstić information content (AvgIpc) is 1.97. The normalized spacial score (nSPS) is 33.7. The van der Waals surface area contributed by atoms with Crippen molar-refractivity contribution in [2.24, 2.45) is 5.73 Å². The van der Waals surface area contributed by atoms with Crippen LogP contribution in [0.5, 0.6) is 0 Å². The summed E-state index contributed by atoms with van der Waals surface area (Å²) in [7, 11) is 0. The lowest BCUT2D eigenvalue weighted by molar-refractivity contribution is -0.133. The summed E-state index contributed by atoms with van der Waals surface area (Å²) in [4.78, 5) is 10.3. The highest BCUT2D eigenvalue weighted by Gasteiger charge is 2.37. The van der Waals surface area contributed by atoms with Crippen LogP contribution in [0.3, 0.4) is 0 Å². The Morgan fingerprint density at radius 1 is 1.69 bits per heavy atom. The van der Waals surface area contributed by atoms with E-state index in [1.54, 1.807) is 0 Å². The molecule has 0 saturated carbocycles. The fourth-order valence-electron chi connectivity index (χ4n) is 0.901. The van der Waals surface area contributed by atoms with Gasteiger partial charge in [-0.2, -0.15) is 0 Å². The molecule has 2 atom stereocenters. The van der Waals surface area contributed by atoms with E-state index in [2.05, 4.69) is 0 Å². The number of hydrogen-bond donors (Lipinski definition) is 2. The summed E-state index contributed by atoms with van der Waals surface area (Å²) in [5.41, 5.74) is 3.80. The first-order chi connectivity index (χ1) is 5.84. The van der Waals surface area contributed by atoms with Crippen LogP contribution in [-0.2, 0) is 4.79 Å². The summed E-state index contributed by atoms with van der Waals surface area (Å²) in [6.45, 7) is 0. The molecule has 6 heteroatoms. The quantitative estimate of drug-likeness (QED) is 0.606. The second-order valence-electron chi connectivity index (χ2n) is 2.59. The zero-order chi connectivity index (χ0) is 10.2. The van der Waals surface area contributed by atoms with Gasteiger partial charge in [0.25, 0.3) is 0 Å². The van der Waals surface area contributed by atoms with Crippen LogP contribution in [0.25, 0.3) is 0 Å². The lowest BCUT2D eigenvalue weighted by atomic mass is 9.99. The third-order valence-corrected chi connectivity index (χ3v) is 1.57. The molecular weight excluding hydrogens is 187 g/mol. The molecule has 1 aliphatic carbocycles. The van der Waals surface area contributed by atoms with Crippen molar-refractivity contribution < 1.29 is 23.1 Å². The lowest BCUT2D eigenvalue weighted by Gasteiger charge is -2.20. The molecular formula is C7H6F3NO2. The van der Waals surface area contributed by atoms with E-state index in [1.165, 1.54) is 0 Å². The molecule has 3 N–H and O–H groups in total. The van der Waals surface area contributed by atoms with E-state index in [-0.39, 0.29) is 12.2 Å². The Morgan fingerprint density at radius 2 is 2.23 bits per heavy atom. The number of halogens is 3. The van der Waals surface area contributed by atoms with Gasteiger partial charge in [-0.15, -0.1) is 0 Å².